The van der Waals surface area contributed by atoms with Gasteiger partial charge in [-0.15, -0.1) is 0 Å². The average molecular weight is 308 g/mol. The summed E-state index contributed by atoms with van der Waals surface area (Å²) in [5.74, 6) is -0.307. The number of imidazole rings is 1. The van der Waals surface area contributed by atoms with Gasteiger partial charge in [-0.2, -0.15) is 0 Å². The fourth-order valence-corrected chi connectivity index (χ4v) is 3.48. The molecule has 2 aliphatic heterocycles. The van der Waals surface area contributed by atoms with Crippen LogP contribution >= 0.6 is 0 Å². The molecule has 1 aromatic heterocycles. The molecule has 0 saturated carbocycles. The van der Waals surface area contributed by atoms with Gasteiger partial charge in [0, 0.05) is 26.2 Å². The molecule has 0 saturated heterocycles. The Balaban J connectivity index is 2.29. The topological polar surface area (TPSA) is 96.6 Å². The van der Waals surface area contributed by atoms with E-state index < -0.39 is 17.6 Å². The van der Waals surface area contributed by atoms with Crippen LogP contribution in [0.15, 0.2) is 4.79 Å². The number of carbonyl (C=O) groups excluding carboxylic acids is 1. The van der Waals surface area contributed by atoms with E-state index in [0.29, 0.717) is 24.5 Å². The minimum atomic E-state index is -1.03. The van der Waals surface area contributed by atoms with Crippen molar-refractivity contribution in [3.05, 3.63) is 21.9 Å². The van der Waals surface area contributed by atoms with Gasteiger partial charge >= 0.3 is 11.8 Å². The van der Waals surface area contributed by atoms with Crippen LogP contribution in [0.3, 0.4) is 0 Å². The molecule has 0 aliphatic carbocycles. The van der Waals surface area contributed by atoms with Crippen LogP contribution in [-0.4, -0.2) is 44.2 Å². The van der Waals surface area contributed by atoms with E-state index in [1.807, 2.05) is 20.8 Å². The lowest BCUT2D eigenvalue weighted by Gasteiger charge is -2.42. The molecule has 8 heteroatoms. The van der Waals surface area contributed by atoms with Gasteiger partial charge in [-0.05, 0) is 5.41 Å². The van der Waals surface area contributed by atoms with Gasteiger partial charge in [-0.25, -0.2) is 9.59 Å². The highest BCUT2D eigenvalue weighted by Gasteiger charge is 2.44. The summed E-state index contributed by atoms with van der Waals surface area (Å²) < 4.78 is 3.04. The summed E-state index contributed by atoms with van der Waals surface area (Å²) in [6, 6.07) is -0.536. The van der Waals surface area contributed by atoms with Gasteiger partial charge in [0.1, 0.15) is 5.69 Å². The lowest BCUT2D eigenvalue weighted by molar-refractivity contribution is 0.0613. The molecule has 0 radical (unpaired) electrons. The summed E-state index contributed by atoms with van der Waals surface area (Å²) in [6.07, 6.45) is -1.03. The molecule has 1 unspecified atom stereocenters. The third-order valence-corrected chi connectivity index (χ3v) is 4.30. The van der Waals surface area contributed by atoms with Crippen LogP contribution in [0.4, 0.5) is 4.79 Å². The molecule has 1 aromatic rings. The minimum Gasteiger partial charge on any atom is -0.465 e. The number of nitrogens with one attached hydrogen (secondary N) is 1. The van der Waals surface area contributed by atoms with Crippen molar-refractivity contribution < 1.29 is 14.7 Å². The maximum Gasteiger partial charge on any atom is 0.407 e. The van der Waals surface area contributed by atoms with E-state index in [4.69, 9.17) is 0 Å². The Bertz CT molecular complexity index is 710. The lowest BCUT2D eigenvalue weighted by atomic mass is 9.82. The molecular weight excluding hydrogens is 288 g/mol. The van der Waals surface area contributed by atoms with Gasteiger partial charge in [0.15, 0.2) is 0 Å². The second kappa shape index (κ2) is 4.62. The van der Waals surface area contributed by atoms with Crippen molar-refractivity contribution in [2.24, 2.45) is 5.41 Å². The van der Waals surface area contributed by atoms with Crippen LogP contribution in [0, 0.1) is 5.41 Å². The molecule has 1 atom stereocenters. The van der Waals surface area contributed by atoms with E-state index in [2.05, 4.69) is 5.32 Å². The lowest BCUT2D eigenvalue weighted by Crippen LogP contribution is -2.48. The number of carbonyl (C=O) groups is 2. The largest absolute Gasteiger partial charge is 0.465 e. The van der Waals surface area contributed by atoms with Crippen LogP contribution in [0.2, 0.25) is 0 Å². The molecule has 8 nitrogen and oxygen atoms in total. The number of hydrogen-bond donors (Lipinski definition) is 2. The number of rotatable bonds is 0. The average Bonchev–Trinajstić information content (AvgIpc) is 2.71. The van der Waals surface area contributed by atoms with Crippen LogP contribution in [0.25, 0.3) is 0 Å². The second-order valence-corrected chi connectivity index (χ2v) is 6.82. The standard InChI is InChI=1S/C14H20N4O4/c1-14(2,3)10-8-9-11(19)15-4-5-16(9)12(20)17(8)6-7-18(10)13(21)22/h10H,4-7H2,1-3H3,(H,15,19)(H,21,22). The molecule has 2 N–H and O–H groups in total. The number of hydrogen-bond acceptors (Lipinski definition) is 3. The van der Waals surface area contributed by atoms with Crippen molar-refractivity contribution in [1.82, 2.24) is 19.4 Å². The van der Waals surface area contributed by atoms with Crippen molar-refractivity contribution >= 4 is 12.0 Å². The quantitative estimate of drug-likeness (QED) is 0.728. The molecule has 3 rings (SSSR count). The molecule has 0 bridgehead atoms. The SMILES string of the molecule is CC(C)(C)C1c2c3n(c(=O)n2CCN1C(=O)O)CCNC3=O. The maximum absolute atomic E-state index is 12.5. The predicted octanol–water partition coefficient (Wildman–Crippen LogP) is 0.474. The zero-order chi connectivity index (χ0) is 16.2. The van der Waals surface area contributed by atoms with Gasteiger partial charge in [-0.3, -0.25) is 18.8 Å². The first-order valence-electron chi connectivity index (χ1n) is 7.34. The van der Waals surface area contributed by atoms with Crippen LogP contribution in [0.5, 0.6) is 0 Å². The van der Waals surface area contributed by atoms with E-state index in [1.165, 1.54) is 9.47 Å². The third-order valence-electron chi connectivity index (χ3n) is 4.30. The smallest absolute Gasteiger partial charge is 0.407 e. The first-order valence-corrected chi connectivity index (χ1v) is 7.34. The van der Waals surface area contributed by atoms with E-state index in [-0.39, 0.29) is 24.7 Å². The van der Waals surface area contributed by atoms with Crippen LogP contribution < -0.4 is 11.0 Å². The molecular formula is C14H20N4O4. The monoisotopic (exact) mass is 308 g/mol. The van der Waals surface area contributed by atoms with Gasteiger partial charge < -0.3 is 10.4 Å². The van der Waals surface area contributed by atoms with Crippen molar-refractivity contribution in [2.45, 2.75) is 39.9 Å². The van der Waals surface area contributed by atoms with E-state index in [9.17, 15) is 19.5 Å². The summed E-state index contributed by atoms with van der Waals surface area (Å²) >= 11 is 0. The van der Waals surface area contributed by atoms with E-state index in [1.54, 1.807) is 4.57 Å². The molecule has 0 fully saturated rings. The number of fused-ring (bicyclic) bond motifs is 3. The predicted molar refractivity (Wildman–Crippen MR) is 78.0 cm³/mol. The molecule has 2 aliphatic rings. The highest BCUT2D eigenvalue weighted by Crippen LogP contribution is 2.41. The zero-order valence-corrected chi connectivity index (χ0v) is 12.9. The maximum atomic E-state index is 12.5. The number of nitrogens with zero attached hydrogens (tertiary/aromatic N) is 3. The minimum absolute atomic E-state index is 0.223. The second-order valence-electron chi connectivity index (χ2n) is 6.82. The summed E-state index contributed by atoms with van der Waals surface area (Å²) in [5, 5.41) is 12.2. The summed E-state index contributed by atoms with van der Waals surface area (Å²) in [7, 11) is 0. The fourth-order valence-electron chi connectivity index (χ4n) is 3.48. The van der Waals surface area contributed by atoms with E-state index >= 15 is 0 Å². The molecule has 120 valence electrons. The molecule has 2 amide bonds. The zero-order valence-electron chi connectivity index (χ0n) is 12.9. The molecule has 0 spiro atoms. The highest BCUT2D eigenvalue weighted by atomic mass is 16.4. The third kappa shape index (κ3) is 1.93. The van der Waals surface area contributed by atoms with Crippen molar-refractivity contribution in [3.8, 4) is 0 Å². The van der Waals surface area contributed by atoms with Crippen LogP contribution in [-0.2, 0) is 13.1 Å². The van der Waals surface area contributed by atoms with Gasteiger partial charge in [0.2, 0.25) is 0 Å². The van der Waals surface area contributed by atoms with Gasteiger partial charge in [0.05, 0.1) is 11.7 Å². The Kier molecular flexibility index (Phi) is 3.08. The highest BCUT2D eigenvalue weighted by molar-refractivity contribution is 5.94. The summed E-state index contributed by atoms with van der Waals surface area (Å²) in [5.41, 5.74) is 0.164. The Morgan fingerprint density at radius 3 is 2.45 bits per heavy atom. The Morgan fingerprint density at radius 1 is 1.18 bits per heavy atom. The van der Waals surface area contributed by atoms with E-state index in [0.717, 1.165) is 0 Å². The van der Waals surface area contributed by atoms with Gasteiger partial charge in [0.25, 0.3) is 5.91 Å². The fraction of sp³-hybridized carbons (Fsp3) is 0.643. The molecule has 3 heterocycles. The van der Waals surface area contributed by atoms with Gasteiger partial charge in [-0.1, -0.05) is 20.8 Å². The number of aromatic nitrogens is 2. The Morgan fingerprint density at radius 2 is 1.86 bits per heavy atom. The molecule has 0 aromatic carbocycles. The Hall–Kier alpha value is -2.25. The molecule has 22 heavy (non-hydrogen) atoms. The summed E-state index contributed by atoms with van der Waals surface area (Å²) in [6.45, 7) is 7.10. The van der Waals surface area contributed by atoms with Crippen molar-refractivity contribution in [1.29, 1.82) is 0 Å². The van der Waals surface area contributed by atoms with Crippen LogP contribution in [0.1, 0.15) is 43.0 Å². The normalized spacial score (nSPS) is 21.1. The Labute approximate surface area is 127 Å². The van der Waals surface area contributed by atoms with Crippen molar-refractivity contribution in [3.63, 3.8) is 0 Å². The van der Waals surface area contributed by atoms with Crippen molar-refractivity contribution in [2.75, 3.05) is 13.1 Å². The first kappa shape index (κ1) is 14.7. The number of amides is 2. The first-order chi connectivity index (χ1) is 10.2. The summed E-state index contributed by atoms with van der Waals surface area (Å²) in [4.78, 5) is 37.7. The number of carboxylic acid groups (broad SMARTS) is 1.